The summed E-state index contributed by atoms with van der Waals surface area (Å²) in [6.45, 7) is 0.519. The lowest BCUT2D eigenvalue weighted by Gasteiger charge is -2.09. The number of carbonyl (C=O) groups is 1. The van der Waals surface area contributed by atoms with Gasteiger partial charge in [-0.1, -0.05) is 88.8 Å². The van der Waals surface area contributed by atoms with E-state index in [1.54, 1.807) is 0 Å². The molecule has 0 amide bonds. The van der Waals surface area contributed by atoms with Crippen LogP contribution in [-0.2, 0) is 17.8 Å². The Hall–Kier alpha value is -3.11. The van der Waals surface area contributed by atoms with Crippen LogP contribution in [0.3, 0.4) is 0 Å². The lowest BCUT2D eigenvalue weighted by atomic mass is 10.1. The zero-order valence-corrected chi connectivity index (χ0v) is 17.3. The number of halogens is 1. The molecular weight excluding hydrogens is 428 g/mol. The van der Waals surface area contributed by atoms with Gasteiger partial charge in [-0.15, -0.1) is 0 Å². The van der Waals surface area contributed by atoms with Gasteiger partial charge in [0.1, 0.15) is 12.4 Å². The monoisotopic (exact) mass is 447 g/mol. The summed E-state index contributed by atoms with van der Waals surface area (Å²) in [5.74, 6) is -0.377. The molecule has 3 rings (SSSR count). The Morgan fingerprint density at radius 1 is 0.931 bits per heavy atom. The number of allylic oxidation sites excluding steroid dienone is 1. The second-order valence-electron chi connectivity index (χ2n) is 6.46. The van der Waals surface area contributed by atoms with Gasteiger partial charge in [0.15, 0.2) is 0 Å². The van der Waals surface area contributed by atoms with Gasteiger partial charge in [0.25, 0.3) is 0 Å². The predicted octanol–water partition coefficient (Wildman–Crippen LogP) is 5.05. The predicted molar refractivity (Wildman–Crippen MR) is 118 cm³/mol. The first-order valence-corrected chi connectivity index (χ1v) is 10.0. The zero-order chi connectivity index (χ0) is 20.5. The van der Waals surface area contributed by atoms with Crippen LogP contribution in [0.5, 0.6) is 5.75 Å². The number of hydrogen-bond donors (Lipinski definition) is 0. The zero-order valence-electron chi connectivity index (χ0n) is 15.8. The maximum atomic E-state index is 10.6. The van der Waals surface area contributed by atoms with Crippen LogP contribution in [0.4, 0.5) is 0 Å². The maximum Gasteiger partial charge on any atom is 0.127 e. The summed E-state index contributed by atoms with van der Waals surface area (Å²) in [6, 6.07) is 23.8. The molecule has 3 nitrogen and oxygen atoms in total. The van der Waals surface area contributed by atoms with Gasteiger partial charge in [0, 0.05) is 10.0 Å². The number of carboxylic acids is 1. The minimum absolute atomic E-state index is 0.519. The normalized spacial score (nSPS) is 11.2. The molecule has 0 heterocycles. The number of ether oxygens (including phenoxy) is 1. The molecule has 0 saturated heterocycles. The molecule has 0 aromatic heterocycles. The molecule has 0 bridgehead atoms. The van der Waals surface area contributed by atoms with Crippen LogP contribution in [0.25, 0.3) is 12.2 Å². The van der Waals surface area contributed by atoms with Gasteiger partial charge in [-0.25, -0.2) is 0 Å². The summed E-state index contributed by atoms with van der Waals surface area (Å²) >= 11 is 3.47. The maximum absolute atomic E-state index is 10.6. The van der Waals surface area contributed by atoms with Crippen LogP contribution in [0.15, 0.2) is 89.4 Å². The number of hydrogen-bond acceptors (Lipinski definition) is 3. The fraction of sp³-hybridized carbons (Fsp3) is 0.0800. The van der Waals surface area contributed by atoms with Gasteiger partial charge >= 0.3 is 0 Å². The van der Waals surface area contributed by atoms with Crippen molar-refractivity contribution in [2.75, 3.05) is 0 Å². The Kier molecular flexibility index (Phi) is 7.42. The molecule has 0 atom stereocenters. The van der Waals surface area contributed by atoms with Crippen molar-refractivity contribution in [3.05, 3.63) is 112 Å². The van der Waals surface area contributed by atoms with Gasteiger partial charge in [0.05, 0.1) is 5.97 Å². The fourth-order valence-electron chi connectivity index (χ4n) is 2.86. The molecule has 0 aliphatic carbocycles. The molecule has 0 radical (unpaired) electrons. The molecule has 146 valence electrons. The van der Waals surface area contributed by atoms with E-state index in [2.05, 4.69) is 22.0 Å². The number of carboxylic acid groups (broad SMARTS) is 1. The number of aliphatic carboxylic acids is 1. The average molecular weight is 448 g/mol. The summed E-state index contributed by atoms with van der Waals surface area (Å²) in [4.78, 5) is 10.6. The Balaban J connectivity index is 1.68. The van der Waals surface area contributed by atoms with E-state index >= 15 is 0 Å². The van der Waals surface area contributed by atoms with Gasteiger partial charge in [-0.05, 0) is 47.4 Å². The van der Waals surface area contributed by atoms with E-state index in [9.17, 15) is 9.90 Å². The first kappa shape index (κ1) is 20.6. The van der Waals surface area contributed by atoms with Crippen LogP contribution in [0.1, 0.15) is 22.3 Å². The van der Waals surface area contributed by atoms with Crippen molar-refractivity contribution in [3.8, 4) is 5.75 Å². The third kappa shape index (κ3) is 6.77. The summed E-state index contributed by atoms with van der Waals surface area (Å²) in [5, 5.41) is 10.6. The van der Waals surface area contributed by atoms with E-state index in [-0.39, 0.29) is 0 Å². The van der Waals surface area contributed by atoms with Crippen molar-refractivity contribution >= 4 is 34.1 Å². The highest BCUT2D eigenvalue weighted by Gasteiger charge is 2.01. The van der Waals surface area contributed by atoms with E-state index in [0.29, 0.717) is 13.0 Å². The molecule has 0 aliphatic heterocycles. The molecule has 3 aromatic carbocycles. The van der Waals surface area contributed by atoms with Crippen molar-refractivity contribution in [1.82, 2.24) is 0 Å². The molecule has 3 aromatic rings. The number of benzene rings is 3. The van der Waals surface area contributed by atoms with E-state index < -0.39 is 5.97 Å². The Morgan fingerprint density at radius 3 is 2.48 bits per heavy atom. The van der Waals surface area contributed by atoms with Gasteiger partial charge in [0.2, 0.25) is 0 Å². The minimum Gasteiger partial charge on any atom is -0.545 e. The number of carbonyl (C=O) groups excluding carboxylic acids is 1. The standard InChI is InChI=1S/C25H21BrO3/c26-23-16-20(15-21(17-23)13-14-25(27)28)9-6-11-22-10-4-5-12-24(22)29-18-19-7-2-1-3-8-19/h1-8,10-17H,9,18H2,(H,27,28)/p-1/b11-6+,14-13+. The molecule has 0 aliphatic rings. The first-order chi connectivity index (χ1) is 14.1. The Bertz CT molecular complexity index is 1020. The number of rotatable bonds is 8. The van der Waals surface area contributed by atoms with E-state index in [1.165, 1.54) is 6.08 Å². The van der Waals surface area contributed by atoms with Gasteiger partial charge in [-0.3, -0.25) is 0 Å². The summed E-state index contributed by atoms with van der Waals surface area (Å²) in [6.07, 6.45) is 7.37. The van der Waals surface area contributed by atoms with Gasteiger partial charge < -0.3 is 14.6 Å². The van der Waals surface area contributed by atoms with Gasteiger partial charge in [-0.2, -0.15) is 0 Å². The molecule has 0 N–H and O–H groups in total. The average Bonchev–Trinajstić information content (AvgIpc) is 2.72. The highest BCUT2D eigenvalue weighted by atomic mass is 79.9. The molecular formula is C25H20BrO3-. The SMILES string of the molecule is O=C([O-])/C=C/c1cc(Br)cc(C/C=C/c2ccccc2OCc2ccccc2)c1. The highest BCUT2D eigenvalue weighted by molar-refractivity contribution is 9.10. The summed E-state index contributed by atoms with van der Waals surface area (Å²) < 4.78 is 6.89. The third-order valence-corrected chi connectivity index (χ3v) is 4.66. The lowest BCUT2D eigenvalue weighted by Crippen LogP contribution is -2.18. The quantitative estimate of drug-likeness (QED) is 0.454. The summed E-state index contributed by atoms with van der Waals surface area (Å²) in [7, 11) is 0. The second kappa shape index (κ2) is 10.4. The molecule has 0 spiro atoms. The van der Waals surface area contributed by atoms with Crippen LogP contribution in [0, 0.1) is 0 Å². The van der Waals surface area contributed by atoms with Crippen LogP contribution in [-0.4, -0.2) is 5.97 Å². The summed E-state index contributed by atoms with van der Waals surface area (Å²) in [5.41, 5.74) is 4.00. The van der Waals surface area contributed by atoms with Crippen molar-refractivity contribution in [2.45, 2.75) is 13.0 Å². The number of para-hydroxylation sites is 1. The molecule has 4 heteroatoms. The van der Waals surface area contributed by atoms with E-state index in [1.807, 2.05) is 78.9 Å². The second-order valence-corrected chi connectivity index (χ2v) is 7.38. The van der Waals surface area contributed by atoms with Crippen LogP contribution < -0.4 is 9.84 Å². The van der Waals surface area contributed by atoms with E-state index in [0.717, 1.165) is 38.6 Å². The van der Waals surface area contributed by atoms with Crippen molar-refractivity contribution < 1.29 is 14.6 Å². The topological polar surface area (TPSA) is 49.4 Å². The smallest absolute Gasteiger partial charge is 0.127 e. The third-order valence-electron chi connectivity index (χ3n) is 4.20. The van der Waals surface area contributed by atoms with E-state index in [4.69, 9.17) is 4.74 Å². The van der Waals surface area contributed by atoms with Crippen molar-refractivity contribution in [3.63, 3.8) is 0 Å². The highest BCUT2D eigenvalue weighted by Crippen LogP contribution is 2.22. The molecule has 0 fully saturated rings. The molecule has 29 heavy (non-hydrogen) atoms. The lowest BCUT2D eigenvalue weighted by molar-refractivity contribution is -0.297. The van der Waals surface area contributed by atoms with Crippen molar-refractivity contribution in [2.24, 2.45) is 0 Å². The Labute approximate surface area is 179 Å². The van der Waals surface area contributed by atoms with Crippen molar-refractivity contribution in [1.29, 1.82) is 0 Å². The largest absolute Gasteiger partial charge is 0.545 e. The first-order valence-electron chi connectivity index (χ1n) is 9.21. The van der Waals surface area contributed by atoms with Crippen LogP contribution >= 0.6 is 15.9 Å². The van der Waals surface area contributed by atoms with Crippen LogP contribution in [0.2, 0.25) is 0 Å². The Morgan fingerprint density at radius 2 is 1.69 bits per heavy atom. The fourth-order valence-corrected chi connectivity index (χ4v) is 3.42. The molecule has 0 saturated carbocycles. The molecule has 0 unspecified atom stereocenters. The minimum atomic E-state index is -1.21.